The Kier molecular flexibility index (Phi) is 3.05. The number of aldehydes is 1. The molecule has 5 heteroatoms. The number of hydrogen-bond donors (Lipinski definition) is 0. The number of carbonyl (C=O) groups excluding carboxylic acids is 1. The molecule has 1 aromatic rings. The first-order chi connectivity index (χ1) is 5.69. The third-order valence-electron chi connectivity index (χ3n) is 1.23. The molecule has 0 saturated heterocycles. The second kappa shape index (κ2) is 3.87. The third kappa shape index (κ3) is 1.76. The molecule has 1 heterocycles. The Bertz CT molecular complexity index is 293. The lowest BCUT2D eigenvalue weighted by Crippen LogP contribution is -1.92. The van der Waals surface area contributed by atoms with Crippen molar-refractivity contribution < 1.29 is 9.53 Å². The number of rotatable bonds is 2. The molecule has 0 aromatic carbocycles. The SMILES string of the molecule is COc1c(Br)cc(C=O)nc1Cl. The van der Waals surface area contributed by atoms with E-state index in [9.17, 15) is 4.79 Å². The molecule has 0 spiro atoms. The number of nitrogens with zero attached hydrogens (tertiary/aromatic N) is 1. The summed E-state index contributed by atoms with van der Waals surface area (Å²) >= 11 is 8.88. The van der Waals surface area contributed by atoms with E-state index in [0.717, 1.165) is 0 Å². The predicted octanol–water partition coefficient (Wildman–Crippen LogP) is 2.32. The van der Waals surface area contributed by atoms with E-state index in [2.05, 4.69) is 20.9 Å². The summed E-state index contributed by atoms with van der Waals surface area (Å²) in [4.78, 5) is 14.1. The van der Waals surface area contributed by atoms with Gasteiger partial charge in [-0.3, -0.25) is 4.79 Å². The minimum absolute atomic E-state index is 0.175. The molecule has 0 amide bonds. The summed E-state index contributed by atoms with van der Waals surface area (Å²) in [6.45, 7) is 0. The van der Waals surface area contributed by atoms with E-state index in [-0.39, 0.29) is 10.8 Å². The van der Waals surface area contributed by atoms with Crippen LogP contribution < -0.4 is 4.74 Å². The molecular weight excluding hydrogens is 245 g/mol. The van der Waals surface area contributed by atoms with Crippen molar-refractivity contribution in [2.75, 3.05) is 7.11 Å². The molecule has 12 heavy (non-hydrogen) atoms. The predicted molar refractivity (Wildman–Crippen MR) is 48.9 cm³/mol. The molecule has 0 saturated carbocycles. The van der Waals surface area contributed by atoms with E-state index in [1.807, 2.05) is 0 Å². The minimum atomic E-state index is 0.175. The highest BCUT2D eigenvalue weighted by atomic mass is 79.9. The molecule has 0 aliphatic rings. The van der Waals surface area contributed by atoms with Crippen LogP contribution in [0.15, 0.2) is 10.5 Å². The number of methoxy groups -OCH3 is 1. The average molecular weight is 250 g/mol. The van der Waals surface area contributed by atoms with Crippen LogP contribution in [0.25, 0.3) is 0 Å². The highest BCUT2D eigenvalue weighted by Crippen LogP contribution is 2.31. The van der Waals surface area contributed by atoms with Gasteiger partial charge in [0.2, 0.25) is 0 Å². The van der Waals surface area contributed by atoms with E-state index in [0.29, 0.717) is 16.5 Å². The van der Waals surface area contributed by atoms with Gasteiger partial charge in [-0.25, -0.2) is 4.98 Å². The van der Waals surface area contributed by atoms with Crippen molar-refractivity contribution in [3.05, 3.63) is 21.4 Å². The Morgan fingerprint density at radius 3 is 2.83 bits per heavy atom. The summed E-state index contributed by atoms with van der Waals surface area (Å²) in [5, 5.41) is 0.175. The quantitative estimate of drug-likeness (QED) is 0.597. The number of carbonyl (C=O) groups is 1. The highest BCUT2D eigenvalue weighted by Gasteiger charge is 2.08. The van der Waals surface area contributed by atoms with E-state index in [4.69, 9.17) is 16.3 Å². The van der Waals surface area contributed by atoms with Crippen LogP contribution in [-0.4, -0.2) is 18.4 Å². The molecule has 0 bridgehead atoms. The van der Waals surface area contributed by atoms with Crippen LogP contribution in [0.3, 0.4) is 0 Å². The number of aromatic nitrogens is 1. The van der Waals surface area contributed by atoms with Crippen LogP contribution in [0.4, 0.5) is 0 Å². The topological polar surface area (TPSA) is 39.2 Å². The molecule has 0 fully saturated rings. The van der Waals surface area contributed by atoms with Gasteiger partial charge in [-0.05, 0) is 22.0 Å². The zero-order valence-electron chi connectivity index (χ0n) is 6.17. The van der Waals surface area contributed by atoms with Gasteiger partial charge in [-0.15, -0.1) is 0 Å². The van der Waals surface area contributed by atoms with Crippen molar-refractivity contribution in [1.29, 1.82) is 0 Å². The van der Waals surface area contributed by atoms with E-state index in [1.54, 1.807) is 0 Å². The molecule has 0 N–H and O–H groups in total. The van der Waals surface area contributed by atoms with Crippen LogP contribution in [-0.2, 0) is 0 Å². The molecule has 64 valence electrons. The van der Waals surface area contributed by atoms with Crippen LogP contribution in [0.1, 0.15) is 10.5 Å². The molecule has 0 radical (unpaired) electrons. The van der Waals surface area contributed by atoms with Gasteiger partial charge in [-0.2, -0.15) is 0 Å². The summed E-state index contributed by atoms with van der Waals surface area (Å²) in [7, 11) is 1.48. The van der Waals surface area contributed by atoms with Gasteiger partial charge in [0.25, 0.3) is 0 Å². The lowest BCUT2D eigenvalue weighted by atomic mass is 10.4. The van der Waals surface area contributed by atoms with Gasteiger partial charge in [0.05, 0.1) is 11.6 Å². The van der Waals surface area contributed by atoms with Crippen LogP contribution in [0.2, 0.25) is 5.15 Å². The molecular formula is C7H5BrClNO2. The van der Waals surface area contributed by atoms with E-state index < -0.39 is 0 Å². The Hall–Kier alpha value is -0.610. The standard InChI is InChI=1S/C7H5BrClNO2/c1-12-6-5(8)2-4(3-11)10-7(6)9/h2-3H,1H3. The van der Waals surface area contributed by atoms with Gasteiger partial charge < -0.3 is 4.74 Å². The maximum absolute atomic E-state index is 10.3. The summed E-state index contributed by atoms with van der Waals surface area (Å²) in [5.41, 5.74) is 0.271. The van der Waals surface area contributed by atoms with E-state index in [1.165, 1.54) is 13.2 Å². The van der Waals surface area contributed by atoms with Crippen LogP contribution in [0.5, 0.6) is 5.75 Å². The zero-order chi connectivity index (χ0) is 9.14. The summed E-state index contributed by atoms with van der Waals surface area (Å²) < 4.78 is 5.54. The van der Waals surface area contributed by atoms with Gasteiger partial charge in [0.1, 0.15) is 5.69 Å². The summed E-state index contributed by atoms with van der Waals surface area (Å²) in [6, 6.07) is 1.54. The normalized spacial score (nSPS) is 9.58. The molecule has 0 aliphatic carbocycles. The Balaban J connectivity index is 3.27. The second-order valence-corrected chi connectivity index (χ2v) is 3.18. The fourth-order valence-electron chi connectivity index (χ4n) is 0.732. The molecule has 3 nitrogen and oxygen atoms in total. The highest BCUT2D eigenvalue weighted by molar-refractivity contribution is 9.10. The number of ether oxygens (including phenoxy) is 1. The van der Waals surface area contributed by atoms with Gasteiger partial charge in [0, 0.05) is 0 Å². The number of halogens is 2. The fraction of sp³-hybridized carbons (Fsp3) is 0.143. The van der Waals surface area contributed by atoms with Crippen molar-refractivity contribution >= 4 is 33.8 Å². The molecule has 0 atom stereocenters. The van der Waals surface area contributed by atoms with Crippen molar-refractivity contribution in [3.63, 3.8) is 0 Å². The maximum atomic E-state index is 10.3. The minimum Gasteiger partial charge on any atom is -0.492 e. The summed E-state index contributed by atoms with van der Waals surface area (Å²) in [5.74, 6) is 0.433. The van der Waals surface area contributed by atoms with Crippen molar-refractivity contribution in [1.82, 2.24) is 4.98 Å². The van der Waals surface area contributed by atoms with Crippen molar-refractivity contribution in [3.8, 4) is 5.75 Å². The maximum Gasteiger partial charge on any atom is 0.172 e. The second-order valence-electron chi connectivity index (χ2n) is 1.97. The Labute approximate surface area is 82.8 Å². The van der Waals surface area contributed by atoms with Crippen LogP contribution in [0, 0.1) is 0 Å². The largest absolute Gasteiger partial charge is 0.492 e. The zero-order valence-corrected chi connectivity index (χ0v) is 8.52. The third-order valence-corrected chi connectivity index (χ3v) is 2.08. The smallest absolute Gasteiger partial charge is 0.172 e. The van der Waals surface area contributed by atoms with E-state index >= 15 is 0 Å². The Morgan fingerprint density at radius 2 is 2.42 bits per heavy atom. The number of hydrogen-bond acceptors (Lipinski definition) is 3. The first kappa shape index (κ1) is 9.48. The van der Waals surface area contributed by atoms with Gasteiger partial charge in [0.15, 0.2) is 17.2 Å². The number of pyridine rings is 1. The first-order valence-electron chi connectivity index (χ1n) is 3.04. The molecule has 0 unspecified atom stereocenters. The summed E-state index contributed by atoms with van der Waals surface area (Å²) in [6.07, 6.45) is 0.621. The average Bonchev–Trinajstić information content (AvgIpc) is 2.03. The molecule has 0 aliphatic heterocycles. The van der Waals surface area contributed by atoms with Gasteiger partial charge in [-0.1, -0.05) is 11.6 Å². The van der Waals surface area contributed by atoms with Crippen LogP contribution >= 0.6 is 27.5 Å². The molecule has 1 aromatic heterocycles. The first-order valence-corrected chi connectivity index (χ1v) is 4.21. The van der Waals surface area contributed by atoms with Gasteiger partial charge >= 0.3 is 0 Å². The fourth-order valence-corrected chi connectivity index (χ4v) is 1.71. The lowest BCUT2D eigenvalue weighted by Gasteiger charge is -2.04. The Morgan fingerprint density at radius 1 is 1.75 bits per heavy atom. The molecule has 1 rings (SSSR count). The van der Waals surface area contributed by atoms with Crippen molar-refractivity contribution in [2.45, 2.75) is 0 Å². The monoisotopic (exact) mass is 249 g/mol. The lowest BCUT2D eigenvalue weighted by molar-refractivity contribution is 0.111. The van der Waals surface area contributed by atoms with Crippen molar-refractivity contribution in [2.24, 2.45) is 0 Å².